The van der Waals surface area contributed by atoms with Crippen LogP contribution in [-0.2, 0) is 14.3 Å². The summed E-state index contributed by atoms with van der Waals surface area (Å²) in [5.74, 6) is -0.0531. The van der Waals surface area contributed by atoms with E-state index in [-0.39, 0.29) is 36.4 Å². The highest BCUT2D eigenvalue weighted by Gasteiger charge is 2.35. The first-order valence-corrected chi connectivity index (χ1v) is 10.8. The van der Waals surface area contributed by atoms with Gasteiger partial charge in [0.15, 0.2) is 5.82 Å². The smallest absolute Gasteiger partial charge is 0.317 e. The van der Waals surface area contributed by atoms with Gasteiger partial charge in [-0.3, -0.25) is 4.79 Å². The molecule has 3 heterocycles. The molecule has 1 amide bonds. The summed E-state index contributed by atoms with van der Waals surface area (Å²) in [5, 5.41) is 11.8. The summed E-state index contributed by atoms with van der Waals surface area (Å²) >= 11 is 0. The van der Waals surface area contributed by atoms with Crippen molar-refractivity contribution in [3.63, 3.8) is 0 Å². The minimum atomic E-state index is -0.759. The molecule has 4 rings (SSSR count). The Hall–Kier alpha value is -3.41. The normalized spacial score (nSPS) is 20.2. The number of benzene rings is 1. The fourth-order valence-corrected chi connectivity index (χ4v) is 3.43. The number of hydrogen-bond acceptors (Lipinski definition) is 8. The Morgan fingerprint density at radius 1 is 1.26 bits per heavy atom. The lowest BCUT2D eigenvalue weighted by atomic mass is 9.92. The number of carbonyl (C=O) groups is 1. The monoisotopic (exact) mass is 471 g/mol. The van der Waals surface area contributed by atoms with Crippen LogP contribution < -0.4 is 10.1 Å². The molecule has 1 aliphatic rings. The van der Waals surface area contributed by atoms with Crippen molar-refractivity contribution in [3.8, 4) is 28.7 Å². The Morgan fingerprint density at radius 3 is 2.68 bits per heavy atom. The second-order valence-electron chi connectivity index (χ2n) is 8.32. The first-order valence-electron chi connectivity index (χ1n) is 10.8. The summed E-state index contributed by atoms with van der Waals surface area (Å²) in [7, 11) is 0. The second kappa shape index (κ2) is 10.2. The van der Waals surface area contributed by atoms with Crippen molar-refractivity contribution in [2.75, 3.05) is 33.0 Å². The fraction of sp³-hybridized carbons (Fsp3) is 0.391. The van der Waals surface area contributed by atoms with E-state index in [0.29, 0.717) is 48.2 Å². The van der Waals surface area contributed by atoms with Gasteiger partial charge >= 0.3 is 6.01 Å². The molecule has 0 atom stereocenters. The zero-order valence-electron chi connectivity index (χ0n) is 18.9. The molecule has 180 valence electrons. The van der Waals surface area contributed by atoms with E-state index >= 15 is 0 Å². The summed E-state index contributed by atoms with van der Waals surface area (Å²) in [4.78, 5) is 27.6. The van der Waals surface area contributed by atoms with E-state index in [0.717, 1.165) is 0 Å². The second-order valence-corrected chi connectivity index (χ2v) is 8.32. The number of aromatic nitrogens is 4. The van der Waals surface area contributed by atoms with Crippen LogP contribution in [0.2, 0.25) is 0 Å². The van der Waals surface area contributed by atoms with Crippen molar-refractivity contribution < 1.29 is 28.5 Å². The van der Waals surface area contributed by atoms with Gasteiger partial charge in [-0.05, 0) is 30.3 Å². The highest BCUT2D eigenvalue weighted by atomic mass is 19.1. The maximum Gasteiger partial charge on any atom is 0.317 e. The van der Waals surface area contributed by atoms with Crippen molar-refractivity contribution in [2.24, 2.45) is 5.41 Å². The number of halogens is 1. The minimum absolute atomic E-state index is 0.0590. The maximum absolute atomic E-state index is 13.5. The Bertz CT molecular complexity index is 1130. The number of hydrogen-bond donors (Lipinski definition) is 3. The van der Waals surface area contributed by atoms with Gasteiger partial charge in [0.1, 0.15) is 12.4 Å². The molecule has 1 aliphatic heterocycles. The molecule has 0 bridgehead atoms. The number of nitrogens with zero attached hydrogens (tertiary/aromatic N) is 3. The summed E-state index contributed by atoms with van der Waals surface area (Å²) < 4.78 is 30.7. The average Bonchev–Trinajstić information content (AvgIpc) is 3.28. The van der Waals surface area contributed by atoms with Gasteiger partial charge in [0.25, 0.3) is 0 Å². The van der Waals surface area contributed by atoms with Crippen molar-refractivity contribution >= 4 is 5.91 Å². The predicted molar refractivity (Wildman–Crippen MR) is 119 cm³/mol. The van der Waals surface area contributed by atoms with Gasteiger partial charge in [0, 0.05) is 30.6 Å². The van der Waals surface area contributed by atoms with Crippen LogP contribution in [0.1, 0.15) is 26.0 Å². The Morgan fingerprint density at radius 2 is 2.00 bits per heavy atom. The molecule has 0 aliphatic carbocycles. The van der Waals surface area contributed by atoms with E-state index in [1.165, 1.54) is 25.3 Å². The van der Waals surface area contributed by atoms with Gasteiger partial charge < -0.3 is 29.6 Å². The van der Waals surface area contributed by atoms with Gasteiger partial charge in [-0.25, -0.2) is 14.4 Å². The topological polar surface area (TPSA) is 131 Å². The van der Waals surface area contributed by atoms with Crippen LogP contribution in [-0.4, -0.2) is 63.9 Å². The van der Waals surface area contributed by atoms with Crippen LogP contribution in [0.3, 0.4) is 0 Å². The third-order valence-electron chi connectivity index (χ3n) is 5.21. The molecule has 0 radical (unpaired) electrons. The largest absolute Gasteiger partial charge is 0.461 e. The van der Waals surface area contributed by atoms with Gasteiger partial charge in [-0.2, -0.15) is 4.98 Å². The van der Waals surface area contributed by atoms with E-state index in [9.17, 15) is 9.18 Å². The lowest BCUT2D eigenvalue weighted by Crippen LogP contribution is -2.45. The van der Waals surface area contributed by atoms with E-state index in [2.05, 4.69) is 25.3 Å². The highest BCUT2D eigenvalue weighted by Crippen LogP contribution is 2.35. The van der Waals surface area contributed by atoms with Crippen molar-refractivity contribution in [2.45, 2.75) is 20.1 Å². The summed E-state index contributed by atoms with van der Waals surface area (Å²) in [5.41, 5.74) is 1.87. The standard InChI is InChI=1S/C23H26FN5O5/c1-14(31)26-11-23(2)12-33-21(34-13-23)20-28-18(15-3-5-16(24)6-4-15)19(29-20)17-7-8-25-22(27-17)32-10-9-30/h3-8,21,30H,9-13H2,1-2H3,(H,26,31)(H,28,29). The first kappa shape index (κ1) is 23.7. The number of aliphatic hydroxyl groups excluding tert-OH is 1. The number of nitrogens with one attached hydrogen (secondary N) is 2. The Kier molecular flexibility index (Phi) is 7.15. The SMILES string of the molecule is CC(=O)NCC1(C)COC(c2nc(-c3ccc(F)cc3)c(-c3ccnc(OCCO)n3)[nH]2)OC1. The molecule has 3 aromatic rings. The summed E-state index contributed by atoms with van der Waals surface area (Å²) in [6.45, 7) is 4.45. The summed E-state index contributed by atoms with van der Waals surface area (Å²) in [6, 6.07) is 7.73. The van der Waals surface area contributed by atoms with E-state index in [4.69, 9.17) is 19.3 Å². The number of rotatable bonds is 8. The molecule has 1 fully saturated rings. The van der Waals surface area contributed by atoms with Gasteiger partial charge in [0.2, 0.25) is 12.2 Å². The zero-order chi connectivity index (χ0) is 24.1. The molecular weight excluding hydrogens is 445 g/mol. The third-order valence-corrected chi connectivity index (χ3v) is 5.21. The third kappa shape index (κ3) is 5.56. The molecule has 11 heteroatoms. The molecular formula is C23H26FN5O5. The molecule has 0 unspecified atom stereocenters. The van der Waals surface area contributed by atoms with Crippen LogP contribution in [0.5, 0.6) is 6.01 Å². The zero-order valence-corrected chi connectivity index (χ0v) is 18.9. The first-order chi connectivity index (χ1) is 16.4. The Balaban J connectivity index is 1.63. The molecule has 34 heavy (non-hydrogen) atoms. The van der Waals surface area contributed by atoms with Crippen LogP contribution in [0.15, 0.2) is 36.5 Å². The number of carbonyl (C=O) groups excluding carboxylic acids is 1. The number of H-pyrrole nitrogens is 1. The Labute approximate surface area is 195 Å². The molecule has 3 N–H and O–H groups in total. The van der Waals surface area contributed by atoms with Crippen molar-refractivity contribution in [1.29, 1.82) is 0 Å². The van der Waals surface area contributed by atoms with E-state index in [1.807, 2.05) is 6.92 Å². The van der Waals surface area contributed by atoms with Gasteiger partial charge in [-0.1, -0.05) is 6.92 Å². The van der Waals surface area contributed by atoms with Crippen LogP contribution in [0, 0.1) is 11.2 Å². The van der Waals surface area contributed by atoms with Gasteiger partial charge in [0.05, 0.1) is 36.9 Å². The average molecular weight is 471 g/mol. The summed E-state index contributed by atoms with van der Waals surface area (Å²) in [6.07, 6.45) is 0.774. The molecule has 10 nitrogen and oxygen atoms in total. The quantitative estimate of drug-likeness (QED) is 0.456. The number of ether oxygens (including phenoxy) is 3. The molecule has 2 aromatic heterocycles. The molecule has 1 aromatic carbocycles. The molecule has 0 spiro atoms. The van der Waals surface area contributed by atoms with Crippen LogP contribution in [0.4, 0.5) is 4.39 Å². The lowest BCUT2D eigenvalue weighted by molar-refractivity contribution is -0.232. The maximum atomic E-state index is 13.5. The van der Waals surface area contributed by atoms with E-state index in [1.54, 1.807) is 18.2 Å². The number of amides is 1. The number of aromatic amines is 1. The van der Waals surface area contributed by atoms with E-state index < -0.39 is 6.29 Å². The highest BCUT2D eigenvalue weighted by molar-refractivity contribution is 5.76. The minimum Gasteiger partial charge on any atom is -0.461 e. The predicted octanol–water partition coefficient (Wildman–Crippen LogP) is 2.23. The van der Waals surface area contributed by atoms with Gasteiger partial charge in [-0.15, -0.1) is 0 Å². The van der Waals surface area contributed by atoms with Crippen molar-refractivity contribution in [3.05, 3.63) is 48.2 Å². The number of aliphatic hydroxyl groups is 1. The van der Waals surface area contributed by atoms with Crippen LogP contribution in [0.25, 0.3) is 22.6 Å². The molecule has 1 saturated heterocycles. The number of imidazole rings is 1. The fourth-order valence-electron chi connectivity index (χ4n) is 3.43. The molecule has 0 saturated carbocycles. The lowest BCUT2D eigenvalue weighted by Gasteiger charge is -2.36. The van der Waals surface area contributed by atoms with Crippen LogP contribution >= 0.6 is 0 Å². The van der Waals surface area contributed by atoms with Crippen molar-refractivity contribution in [1.82, 2.24) is 25.3 Å².